The van der Waals surface area contributed by atoms with Crippen LogP contribution in [-0.4, -0.2) is 47.8 Å². The van der Waals surface area contributed by atoms with E-state index >= 15 is 0 Å². The number of likely N-dealkylation sites (tertiary alicyclic amines) is 1. The summed E-state index contributed by atoms with van der Waals surface area (Å²) in [5.41, 5.74) is 0.432. The number of hydrogen-bond acceptors (Lipinski definition) is 2. The van der Waals surface area contributed by atoms with Crippen molar-refractivity contribution in [2.24, 2.45) is 34.5 Å². The second kappa shape index (κ2) is 7.57. The average molecular weight is 403 g/mol. The molecule has 4 aliphatic rings. The van der Waals surface area contributed by atoms with Crippen molar-refractivity contribution in [2.75, 3.05) is 20.1 Å². The molecule has 0 aromatic rings. The van der Waals surface area contributed by atoms with Crippen LogP contribution >= 0.6 is 0 Å². The Kier molecular flexibility index (Phi) is 5.53. The van der Waals surface area contributed by atoms with Crippen LogP contribution < -0.4 is 0 Å². The van der Waals surface area contributed by atoms with Gasteiger partial charge in [-0.05, 0) is 87.4 Å². The maximum Gasteiger partial charge on any atom is 0.226 e. The van der Waals surface area contributed by atoms with Crippen LogP contribution in [-0.2, 0) is 9.59 Å². The summed E-state index contributed by atoms with van der Waals surface area (Å²) >= 11 is 0. The molecule has 0 unspecified atom stereocenters. The maximum atomic E-state index is 13.4. The molecule has 1 aliphatic heterocycles. The van der Waals surface area contributed by atoms with Gasteiger partial charge in [-0.2, -0.15) is 0 Å². The van der Waals surface area contributed by atoms with E-state index in [1.807, 2.05) is 7.05 Å². The highest BCUT2D eigenvalue weighted by molar-refractivity contribution is 5.80. The highest BCUT2D eigenvalue weighted by Gasteiger charge is 2.61. The number of carbonyl (C=O) groups is 2. The number of hydrogen-bond donors (Lipinski definition) is 0. The molecule has 2 amide bonds. The Hall–Kier alpha value is -1.06. The van der Waals surface area contributed by atoms with Gasteiger partial charge in [-0.1, -0.05) is 20.3 Å². The summed E-state index contributed by atoms with van der Waals surface area (Å²) in [7, 11) is 2.04. The number of nitrogens with zero attached hydrogens (tertiary/aromatic N) is 2. The van der Waals surface area contributed by atoms with Crippen molar-refractivity contribution >= 4 is 11.8 Å². The zero-order valence-corrected chi connectivity index (χ0v) is 19.4. The molecule has 0 aromatic carbocycles. The molecule has 0 aromatic heterocycles. The summed E-state index contributed by atoms with van der Waals surface area (Å²) in [5, 5.41) is 0. The second-order valence-corrected chi connectivity index (χ2v) is 11.0. The number of carbonyl (C=O) groups excluding carboxylic acids is 2. The first-order valence-corrected chi connectivity index (χ1v) is 12.3. The van der Waals surface area contributed by atoms with Crippen LogP contribution in [0.2, 0.25) is 0 Å². The van der Waals surface area contributed by atoms with Gasteiger partial charge in [0.1, 0.15) is 0 Å². The predicted octanol–water partition coefficient (Wildman–Crippen LogP) is 4.72. The van der Waals surface area contributed by atoms with Crippen molar-refractivity contribution in [3.05, 3.63) is 0 Å². The summed E-state index contributed by atoms with van der Waals surface area (Å²) in [6, 6.07) is 0.422. The largest absolute Gasteiger partial charge is 0.343 e. The Labute approximate surface area is 177 Å². The highest BCUT2D eigenvalue weighted by Crippen LogP contribution is 2.65. The van der Waals surface area contributed by atoms with Crippen LogP contribution in [0.4, 0.5) is 0 Å². The molecule has 1 heterocycles. The van der Waals surface area contributed by atoms with E-state index in [1.54, 1.807) is 0 Å². The monoisotopic (exact) mass is 402 g/mol. The Morgan fingerprint density at radius 1 is 1.00 bits per heavy atom. The minimum atomic E-state index is 0.165. The molecule has 0 spiro atoms. The van der Waals surface area contributed by atoms with Gasteiger partial charge in [0, 0.05) is 38.5 Å². The molecule has 3 saturated carbocycles. The van der Waals surface area contributed by atoms with E-state index in [-0.39, 0.29) is 16.7 Å². The van der Waals surface area contributed by atoms with E-state index in [0.717, 1.165) is 50.6 Å². The first-order valence-electron chi connectivity index (χ1n) is 12.3. The Morgan fingerprint density at radius 2 is 1.69 bits per heavy atom. The van der Waals surface area contributed by atoms with Gasteiger partial charge in [0.25, 0.3) is 0 Å². The maximum absolute atomic E-state index is 13.4. The van der Waals surface area contributed by atoms with E-state index in [1.165, 1.54) is 32.1 Å². The summed E-state index contributed by atoms with van der Waals surface area (Å²) < 4.78 is 0. The molecule has 3 aliphatic carbocycles. The van der Waals surface area contributed by atoms with Crippen molar-refractivity contribution in [3.8, 4) is 0 Å². The van der Waals surface area contributed by atoms with Gasteiger partial charge in [-0.3, -0.25) is 9.59 Å². The molecule has 164 valence electrons. The summed E-state index contributed by atoms with van der Waals surface area (Å²) in [5.74, 6) is 3.11. The lowest BCUT2D eigenvalue weighted by Gasteiger charge is -2.64. The van der Waals surface area contributed by atoms with Gasteiger partial charge >= 0.3 is 0 Å². The molecule has 29 heavy (non-hydrogen) atoms. The van der Waals surface area contributed by atoms with E-state index in [4.69, 9.17) is 0 Å². The third-order valence-electron chi connectivity index (χ3n) is 10.2. The molecule has 4 heteroatoms. The molecule has 0 bridgehead atoms. The quantitative estimate of drug-likeness (QED) is 0.685. The first kappa shape index (κ1) is 21.2. The van der Waals surface area contributed by atoms with Crippen molar-refractivity contribution in [3.63, 3.8) is 0 Å². The van der Waals surface area contributed by atoms with E-state index < -0.39 is 0 Å². The summed E-state index contributed by atoms with van der Waals surface area (Å²) in [6.45, 7) is 10.8. The number of piperidine rings is 1. The predicted molar refractivity (Wildman–Crippen MR) is 116 cm³/mol. The molecular formula is C25H42N2O2. The average Bonchev–Trinajstić information content (AvgIpc) is 2.70. The molecule has 0 radical (unpaired) electrons. The third kappa shape index (κ3) is 3.07. The lowest BCUT2D eigenvalue weighted by molar-refractivity contribution is -0.173. The zero-order chi connectivity index (χ0) is 21.0. The molecule has 7 atom stereocenters. The van der Waals surface area contributed by atoms with E-state index in [2.05, 4.69) is 37.5 Å². The van der Waals surface area contributed by atoms with Crippen molar-refractivity contribution in [1.29, 1.82) is 0 Å². The van der Waals surface area contributed by atoms with Crippen molar-refractivity contribution < 1.29 is 9.59 Å². The highest BCUT2D eigenvalue weighted by atomic mass is 16.2. The van der Waals surface area contributed by atoms with Gasteiger partial charge in [-0.25, -0.2) is 0 Å². The van der Waals surface area contributed by atoms with Gasteiger partial charge in [0.05, 0.1) is 0 Å². The molecule has 4 rings (SSSR count). The fourth-order valence-electron chi connectivity index (χ4n) is 8.51. The number of fused-ring (bicyclic) bond motifs is 5. The lowest BCUT2D eigenvalue weighted by Crippen LogP contribution is -2.63. The standard InChI is InChI=1S/C25H42N2O2/c1-6-27(7-2)23(29)20-10-8-9-18-17-11-12-21-25(4,16-14-22(28)26(21)5)19(17)13-15-24(18,20)3/h17-21H,6-16H2,1-5H3/t17-,18-,19-,20+,21+,24-,25+/m0/s1. The van der Waals surface area contributed by atoms with Crippen LogP contribution in [0.1, 0.15) is 85.5 Å². The topological polar surface area (TPSA) is 40.6 Å². The third-order valence-corrected chi connectivity index (χ3v) is 10.2. The Bertz CT molecular complexity index is 659. The fourth-order valence-corrected chi connectivity index (χ4v) is 8.51. The number of amides is 2. The number of rotatable bonds is 3. The van der Waals surface area contributed by atoms with Crippen molar-refractivity contribution in [1.82, 2.24) is 9.80 Å². The second-order valence-electron chi connectivity index (χ2n) is 11.0. The molecular weight excluding hydrogens is 360 g/mol. The van der Waals surface area contributed by atoms with Crippen LogP contribution in [0.25, 0.3) is 0 Å². The Balaban J connectivity index is 1.61. The Morgan fingerprint density at radius 3 is 2.38 bits per heavy atom. The minimum absolute atomic E-state index is 0.165. The molecule has 1 saturated heterocycles. The first-order chi connectivity index (χ1) is 13.8. The summed E-state index contributed by atoms with van der Waals surface area (Å²) in [4.78, 5) is 29.9. The normalized spacial score (nSPS) is 44.5. The van der Waals surface area contributed by atoms with Gasteiger partial charge < -0.3 is 9.80 Å². The van der Waals surface area contributed by atoms with Crippen molar-refractivity contribution in [2.45, 2.75) is 91.5 Å². The van der Waals surface area contributed by atoms with Gasteiger partial charge in [0.2, 0.25) is 11.8 Å². The lowest BCUT2D eigenvalue weighted by atomic mass is 9.43. The van der Waals surface area contributed by atoms with Crippen LogP contribution in [0, 0.1) is 34.5 Å². The smallest absolute Gasteiger partial charge is 0.226 e. The molecule has 4 fully saturated rings. The van der Waals surface area contributed by atoms with Crippen LogP contribution in [0.5, 0.6) is 0 Å². The van der Waals surface area contributed by atoms with Gasteiger partial charge in [0.15, 0.2) is 0 Å². The van der Waals surface area contributed by atoms with E-state index in [0.29, 0.717) is 23.8 Å². The van der Waals surface area contributed by atoms with E-state index in [9.17, 15) is 9.59 Å². The minimum Gasteiger partial charge on any atom is -0.343 e. The molecule has 4 nitrogen and oxygen atoms in total. The van der Waals surface area contributed by atoms with Gasteiger partial charge in [-0.15, -0.1) is 0 Å². The zero-order valence-electron chi connectivity index (χ0n) is 19.4. The fraction of sp³-hybridized carbons (Fsp3) is 0.920. The molecule has 0 N–H and O–H groups in total. The summed E-state index contributed by atoms with van der Waals surface area (Å²) in [6.07, 6.45) is 10.2. The van der Waals surface area contributed by atoms with Crippen LogP contribution in [0.15, 0.2) is 0 Å². The SMILES string of the molecule is CCN(CC)C(=O)[C@H]1CCC[C@H]2[C@@H]3CC[C@H]4N(C)C(=O)CC[C@]4(C)[C@H]3CC[C@]12C. The van der Waals surface area contributed by atoms with Crippen LogP contribution in [0.3, 0.4) is 0 Å².